The third kappa shape index (κ3) is 3.22. The van der Waals surface area contributed by atoms with Gasteiger partial charge in [0.05, 0.1) is 28.9 Å². The standard InChI is InChI=1S/C14H15Cl2N3O/c1-2-20-10-6-9(7-18-8-10)14(19-17)11-4-3-5-12(15)13(11)16/h3-8,14,19H,2,17H2,1H3. The minimum absolute atomic E-state index is 0.311. The average molecular weight is 312 g/mol. The molecular weight excluding hydrogens is 297 g/mol. The lowest BCUT2D eigenvalue weighted by atomic mass is 10.0. The van der Waals surface area contributed by atoms with Crippen LogP contribution in [0, 0.1) is 0 Å². The van der Waals surface area contributed by atoms with Gasteiger partial charge in [0.2, 0.25) is 0 Å². The molecule has 1 heterocycles. The van der Waals surface area contributed by atoms with Crippen molar-refractivity contribution in [2.24, 2.45) is 5.84 Å². The van der Waals surface area contributed by atoms with E-state index in [2.05, 4.69) is 10.4 Å². The highest BCUT2D eigenvalue weighted by atomic mass is 35.5. The Kier molecular flexibility index (Phi) is 5.20. The maximum absolute atomic E-state index is 6.24. The van der Waals surface area contributed by atoms with E-state index in [0.29, 0.717) is 22.4 Å². The lowest BCUT2D eigenvalue weighted by molar-refractivity contribution is 0.338. The fraction of sp³-hybridized carbons (Fsp3) is 0.214. The van der Waals surface area contributed by atoms with Gasteiger partial charge in [-0.25, -0.2) is 5.43 Å². The molecule has 0 aliphatic carbocycles. The van der Waals surface area contributed by atoms with Crippen LogP contribution in [0.25, 0.3) is 0 Å². The molecule has 1 atom stereocenters. The van der Waals surface area contributed by atoms with Crippen LogP contribution in [0.2, 0.25) is 10.0 Å². The first kappa shape index (κ1) is 15.1. The molecule has 0 amide bonds. The molecule has 0 aliphatic heterocycles. The second-order valence-corrected chi connectivity index (χ2v) is 4.91. The Balaban J connectivity index is 2.41. The number of rotatable bonds is 5. The Morgan fingerprint density at radius 2 is 2.15 bits per heavy atom. The van der Waals surface area contributed by atoms with E-state index in [-0.39, 0.29) is 6.04 Å². The molecule has 0 fully saturated rings. The molecule has 0 bridgehead atoms. The summed E-state index contributed by atoms with van der Waals surface area (Å²) in [6, 6.07) is 6.99. The van der Waals surface area contributed by atoms with Gasteiger partial charge < -0.3 is 4.74 Å². The first-order valence-corrected chi connectivity index (χ1v) is 6.90. The molecule has 0 saturated heterocycles. The maximum Gasteiger partial charge on any atom is 0.137 e. The second kappa shape index (κ2) is 6.90. The molecule has 0 aliphatic rings. The van der Waals surface area contributed by atoms with Crippen LogP contribution in [-0.4, -0.2) is 11.6 Å². The summed E-state index contributed by atoms with van der Waals surface area (Å²) in [5.74, 6) is 6.34. The first-order chi connectivity index (χ1) is 9.67. The summed E-state index contributed by atoms with van der Waals surface area (Å²) in [6.07, 6.45) is 3.37. The molecule has 1 unspecified atom stereocenters. The van der Waals surface area contributed by atoms with Crippen LogP contribution in [0.5, 0.6) is 5.75 Å². The number of pyridine rings is 1. The van der Waals surface area contributed by atoms with E-state index < -0.39 is 0 Å². The van der Waals surface area contributed by atoms with Crippen molar-refractivity contribution in [1.29, 1.82) is 0 Å². The van der Waals surface area contributed by atoms with Crippen molar-refractivity contribution in [3.63, 3.8) is 0 Å². The number of benzene rings is 1. The van der Waals surface area contributed by atoms with Crippen LogP contribution in [0.15, 0.2) is 36.7 Å². The predicted octanol–water partition coefficient (Wildman–Crippen LogP) is 3.34. The van der Waals surface area contributed by atoms with E-state index in [0.717, 1.165) is 11.1 Å². The lowest BCUT2D eigenvalue weighted by Gasteiger charge is -2.19. The number of halogens is 2. The van der Waals surface area contributed by atoms with E-state index in [1.165, 1.54) is 0 Å². The maximum atomic E-state index is 6.24. The van der Waals surface area contributed by atoms with Crippen LogP contribution in [0.1, 0.15) is 24.1 Å². The van der Waals surface area contributed by atoms with E-state index in [4.69, 9.17) is 33.8 Å². The van der Waals surface area contributed by atoms with Crippen molar-refractivity contribution >= 4 is 23.2 Å². The molecule has 1 aromatic heterocycles. The highest BCUT2D eigenvalue weighted by Crippen LogP contribution is 2.33. The summed E-state index contributed by atoms with van der Waals surface area (Å²) in [4.78, 5) is 4.15. The molecule has 4 nitrogen and oxygen atoms in total. The zero-order valence-corrected chi connectivity index (χ0v) is 12.4. The van der Waals surface area contributed by atoms with E-state index in [1.54, 1.807) is 18.5 Å². The van der Waals surface area contributed by atoms with E-state index in [1.807, 2.05) is 25.1 Å². The van der Waals surface area contributed by atoms with Gasteiger partial charge in [0.25, 0.3) is 0 Å². The van der Waals surface area contributed by atoms with Gasteiger partial charge in [0.1, 0.15) is 5.75 Å². The van der Waals surface area contributed by atoms with Gasteiger partial charge in [0, 0.05) is 6.20 Å². The highest BCUT2D eigenvalue weighted by molar-refractivity contribution is 6.42. The fourth-order valence-corrected chi connectivity index (χ4v) is 2.37. The molecule has 6 heteroatoms. The second-order valence-electron chi connectivity index (χ2n) is 4.13. The molecule has 0 saturated carbocycles. The third-order valence-corrected chi connectivity index (χ3v) is 3.67. The summed E-state index contributed by atoms with van der Waals surface area (Å²) >= 11 is 12.3. The SMILES string of the molecule is CCOc1cncc(C(NN)c2cccc(Cl)c2Cl)c1. The first-order valence-electron chi connectivity index (χ1n) is 6.15. The molecule has 0 spiro atoms. The molecule has 2 rings (SSSR count). The Hall–Kier alpha value is -1.33. The summed E-state index contributed by atoms with van der Waals surface area (Å²) < 4.78 is 5.44. The lowest BCUT2D eigenvalue weighted by Crippen LogP contribution is -2.29. The Morgan fingerprint density at radius 3 is 2.85 bits per heavy atom. The number of aromatic nitrogens is 1. The van der Waals surface area contributed by atoms with Crippen molar-refractivity contribution in [3.05, 3.63) is 57.8 Å². The molecule has 2 aromatic rings. The molecule has 106 valence electrons. The van der Waals surface area contributed by atoms with Crippen molar-refractivity contribution in [3.8, 4) is 5.75 Å². The van der Waals surface area contributed by atoms with Crippen molar-refractivity contribution in [2.45, 2.75) is 13.0 Å². The van der Waals surface area contributed by atoms with Crippen LogP contribution >= 0.6 is 23.2 Å². The summed E-state index contributed by atoms with van der Waals surface area (Å²) in [7, 11) is 0. The number of hydrazine groups is 1. The molecule has 1 aromatic carbocycles. The highest BCUT2D eigenvalue weighted by Gasteiger charge is 2.18. The summed E-state index contributed by atoms with van der Waals surface area (Å²) in [6.45, 7) is 2.49. The number of ether oxygens (including phenoxy) is 1. The van der Waals surface area contributed by atoms with Crippen molar-refractivity contribution in [2.75, 3.05) is 6.61 Å². The quantitative estimate of drug-likeness (QED) is 0.657. The van der Waals surface area contributed by atoms with Gasteiger partial charge in [-0.05, 0) is 30.2 Å². The number of nitrogens with one attached hydrogen (secondary N) is 1. The van der Waals surface area contributed by atoms with Gasteiger partial charge in [0.15, 0.2) is 0 Å². The van der Waals surface area contributed by atoms with Crippen LogP contribution < -0.4 is 16.0 Å². The third-order valence-electron chi connectivity index (χ3n) is 2.84. The van der Waals surface area contributed by atoms with Crippen LogP contribution in [0.4, 0.5) is 0 Å². The van der Waals surface area contributed by atoms with Crippen molar-refractivity contribution in [1.82, 2.24) is 10.4 Å². The summed E-state index contributed by atoms with van der Waals surface area (Å²) in [5.41, 5.74) is 4.37. The van der Waals surface area contributed by atoms with Gasteiger partial charge in [-0.1, -0.05) is 35.3 Å². The fourth-order valence-electron chi connectivity index (χ4n) is 1.95. The number of nitrogens with two attached hydrogens (primary N) is 1. The van der Waals surface area contributed by atoms with E-state index in [9.17, 15) is 0 Å². The largest absolute Gasteiger partial charge is 0.492 e. The van der Waals surface area contributed by atoms with Crippen molar-refractivity contribution < 1.29 is 4.74 Å². The zero-order chi connectivity index (χ0) is 14.5. The minimum atomic E-state index is -0.311. The van der Waals surface area contributed by atoms with Gasteiger partial charge in [-0.15, -0.1) is 0 Å². The molecule has 0 radical (unpaired) electrons. The Bertz CT molecular complexity index is 592. The number of hydrogen-bond donors (Lipinski definition) is 2. The van der Waals surface area contributed by atoms with Crippen LogP contribution in [-0.2, 0) is 0 Å². The molecular formula is C14H15Cl2N3O. The van der Waals surface area contributed by atoms with Crippen LogP contribution in [0.3, 0.4) is 0 Å². The minimum Gasteiger partial charge on any atom is -0.492 e. The smallest absolute Gasteiger partial charge is 0.137 e. The molecule has 20 heavy (non-hydrogen) atoms. The zero-order valence-electron chi connectivity index (χ0n) is 10.9. The Labute approximate surface area is 127 Å². The predicted molar refractivity (Wildman–Crippen MR) is 81.0 cm³/mol. The summed E-state index contributed by atoms with van der Waals surface area (Å²) in [5, 5.41) is 0.956. The Morgan fingerprint density at radius 1 is 1.35 bits per heavy atom. The topological polar surface area (TPSA) is 60.2 Å². The number of hydrogen-bond acceptors (Lipinski definition) is 4. The average Bonchev–Trinajstić information content (AvgIpc) is 2.45. The normalized spacial score (nSPS) is 12.2. The molecule has 3 N–H and O–H groups in total. The van der Waals surface area contributed by atoms with E-state index >= 15 is 0 Å². The van der Waals surface area contributed by atoms with Gasteiger partial charge in [-0.3, -0.25) is 10.8 Å². The van der Waals surface area contributed by atoms with Gasteiger partial charge in [-0.2, -0.15) is 0 Å². The number of nitrogens with zero attached hydrogens (tertiary/aromatic N) is 1. The monoisotopic (exact) mass is 311 g/mol. The van der Waals surface area contributed by atoms with Gasteiger partial charge >= 0.3 is 0 Å².